The normalized spacial score (nSPS) is 10.5. The van der Waals surface area contributed by atoms with E-state index in [1.54, 1.807) is 0 Å². The highest BCUT2D eigenvalue weighted by Crippen LogP contribution is 2.30. The van der Waals surface area contributed by atoms with E-state index < -0.39 is 22.2 Å². The van der Waals surface area contributed by atoms with Gasteiger partial charge in [-0.05, 0) is 22.0 Å². The van der Waals surface area contributed by atoms with E-state index >= 15 is 0 Å². The molecule has 1 N–H and O–H groups in total. The van der Waals surface area contributed by atoms with Gasteiger partial charge in [-0.2, -0.15) is 0 Å². The van der Waals surface area contributed by atoms with Crippen LogP contribution in [-0.2, 0) is 6.54 Å². The van der Waals surface area contributed by atoms with E-state index in [0.29, 0.717) is 12.1 Å². The van der Waals surface area contributed by atoms with Crippen molar-refractivity contribution in [2.45, 2.75) is 6.54 Å². The maximum Gasteiger partial charge on any atom is 0.298 e. The van der Waals surface area contributed by atoms with Gasteiger partial charge in [0.15, 0.2) is 5.82 Å². The summed E-state index contributed by atoms with van der Waals surface area (Å²) in [5.41, 5.74) is -0.927. The number of nitrogens with one attached hydrogen (secondary N) is 1. The minimum absolute atomic E-state index is 0.222. The first-order valence-electron chi connectivity index (χ1n) is 5.07. The summed E-state index contributed by atoms with van der Waals surface area (Å²) in [7, 11) is 0. The highest BCUT2D eigenvalue weighted by atomic mass is 79.9. The molecule has 2 rings (SSSR count). The Morgan fingerprint density at radius 3 is 2.68 bits per heavy atom. The average molecular weight is 349 g/mol. The van der Waals surface area contributed by atoms with E-state index in [2.05, 4.69) is 21.2 Å². The molecule has 0 saturated carbocycles. The Bertz CT molecular complexity index is 633. The summed E-state index contributed by atoms with van der Waals surface area (Å²) in [4.78, 5) is 10.8. The van der Waals surface area contributed by atoms with Gasteiger partial charge in [-0.25, -0.2) is 8.78 Å². The van der Waals surface area contributed by atoms with Crippen molar-refractivity contribution in [1.29, 1.82) is 0 Å². The first-order valence-corrected chi connectivity index (χ1v) is 6.75. The number of rotatable bonds is 4. The van der Waals surface area contributed by atoms with Crippen molar-refractivity contribution in [1.82, 2.24) is 0 Å². The predicted molar refractivity (Wildman–Crippen MR) is 72.4 cm³/mol. The molecule has 2 aromatic rings. The molecule has 1 heterocycles. The Labute approximate surface area is 119 Å². The van der Waals surface area contributed by atoms with Gasteiger partial charge < -0.3 is 5.32 Å². The Morgan fingerprint density at radius 2 is 2.11 bits per heavy atom. The van der Waals surface area contributed by atoms with E-state index in [1.165, 1.54) is 11.3 Å². The van der Waals surface area contributed by atoms with Crippen molar-refractivity contribution >= 4 is 38.6 Å². The number of anilines is 1. The maximum atomic E-state index is 13.6. The number of benzene rings is 1. The molecule has 0 fully saturated rings. The molecule has 19 heavy (non-hydrogen) atoms. The number of hydrogen-bond donors (Lipinski definition) is 1. The number of hydrogen-bond acceptors (Lipinski definition) is 4. The van der Waals surface area contributed by atoms with E-state index in [9.17, 15) is 18.9 Å². The van der Waals surface area contributed by atoms with Crippen molar-refractivity contribution in [2.75, 3.05) is 5.32 Å². The molecule has 100 valence electrons. The van der Waals surface area contributed by atoms with Gasteiger partial charge in [-0.15, -0.1) is 11.3 Å². The van der Waals surface area contributed by atoms with Crippen LogP contribution >= 0.6 is 27.3 Å². The summed E-state index contributed by atoms with van der Waals surface area (Å²) in [5.74, 6) is -1.96. The zero-order valence-corrected chi connectivity index (χ0v) is 11.7. The minimum atomic E-state index is -0.984. The third-order valence-corrected chi connectivity index (χ3v) is 3.99. The molecule has 0 amide bonds. The third kappa shape index (κ3) is 3.27. The van der Waals surface area contributed by atoms with Crippen LogP contribution in [0.4, 0.5) is 20.2 Å². The average Bonchev–Trinajstić information content (AvgIpc) is 2.73. The topological polar surface area (TPSA) is 55.2 Å². The highest BCUT2D eigenvalue weighted by molar-refractivity contribution is 9.10. The molecule has 1 aromatic heterocycles. The summed E-state index contributed by atoms with van der Waals surface area (Å²) in [6, 6.07) is 3.11. The van der Waals surface area contributed by atoms with E-state index in [-0.39, 0.29) is 12.2 Å². The number of thiophene rings is 1. The molecule has 0 unspecified atom stereocenters. The number of nitrogens with zero attached hydrogens (tertiary/aromatic N) is 1. The lowest BCUT2D eigenvalue weighted by Gasteiger charge is -2.07. The third-order valence-electron chi connectivity index (χ3n) is 2.29. The first kappa shape index (κ1) is 13.9. The second kappa shape index (κ2) is 5.62. The van der Waals surface area contributed by atoms with Crippen LogP contribution in [0.5, 0.6) is 0 Å². The lowest BCUT2D eigenvalue weighted by molar-refractivity contribution is -0.384. The van der Waals surface area contributed by atoms with Gasteiger partial charge in [0.2, 0.25) is 0 Å². The molecule has 0 aliphatic heterocycles. The summed E-state index contributed by atoms with van der Waals surface area (Å²) in [5, 5.41) is 15.2. The van der Waals surface area contributed by atoms with E-state index in [0.717, 1.165) is 9.35 Å². The molecule has 0 saturated heterocycles. The first-order chi connectivity index (χ1) is 8.97. The second-order valence-electron chi connectivity index (χ2n) is 3.62. The Balaban J connectivity index is 2.26. The quantitative estimate of drug-likeness (QED) is 0.661. The minimum Gasteiger partial charge on any atom is -0.372 e. The molecule has 1 aromatic carbocycles. The largest absolute Gasteiger partial charge is 0.372 e. The summed E-state index contributed by atoms with van der Waals surface area (Å²) in [6.07, 6.45) is 0. The van der Waals surface area contributed by atoms with Gasteiger partial charge in [0.1, 0.15) is 11.5 Å². The van der Waals surface area contributed by atoms with Crippen LogP contribution in [0.25, 0.3) is 0 Å². The van der Waals surface area contributed by atoms with Crippen LogP contribution in [0.3, 0.4) is 0 Å². The monoisotopic (exact) mass is 348 g/mol. The fourth-order valence-corrected chi connectivity index (χ4v) is 2.89. The molecule has 0 spiro atoms. The van der Waals surface area contributed by atoms with Gasteiger partial charge in [-0.1, -0.05) is 0 Å². The zero-order valence-electron chi connectivity index (χ0n) is 9.32. The molecule has 4 nitrogen and oxygen atoms in total. The molecule has 0 aliphatic carbocycles. The Kier molecular flexibility index (Phi) is 4.11. The summed E-state index contributed by atoms with van der Waals surface area (Å²) >= 11 is 4.69. The van der Waals surface area contributed by atoms with Gasteiger partial charge in [0.05, 0.1) is 11.0 Å². The van der Waals surface area contributed by atoms with Crippen LogP contribution in [0.2, 0.25) is 0 Å². The Hall–Kier alpha value is -1.54. The molecule has 0 aliphatic rings. The van der Waals surface area contributed by atoms with Crippen molar-refractivity contribution in [3.05, 3.63) is 54.7 Å². The van der Waals surface area contributed by atoms with Crippen molar-refractivity contribution in [2.24, 2.45) is 0 Å². The fourth-order valence-electron chi connectivity index (χ4n) is 1.50. The van der Waals surface area contributed by atoms with Crippen molar-refractivity contribution in [3.8, 4) is 0 Å². The second-order valence-corrected chi connectivity index (χ2v) is 5.54. The number of halogens is 3. The molecule has 8 heteroatoms. The fraction of sp³-hybridized carbons (Fsp3) is 0.0909. The van der Waals surface area contributed by atoms with E-state index in [4.69, 9.17) is 0 Å². The van der Waals surface area contributed by atoms with Crippen LogP contribution in [0.1, 0.15) is 4.88 Å². The van der Waals surface area contributed by atoms with Gasteiger partial charge in [-0.3, -0.25) is 10.1 Å². The number of nitro benzene ring substituents is 1. The van der Waals surface area contributed by atoms with Crippen molar-refractivity contribution in [3.63, 3.8) is 0 Å². The summed E-state index contributed by atoms with van der Waals surface area (Å²) in [6.45, 7) is 0.222. The molecular weight excluding hydrogens is 342 g/mol. The van der Waals surface area contributed by atoms with Crippen LogP contribution in [0, 0.1) is 21.7 Å². The van der Waals surface area contributed by atoms with Crippen LogP contribution in [-0.4, -0.2) is 4.92 Å². The molecule has 0 bridgehead atoms. The molecule has 0 radical (unpaired) electrons. The Morgan fingerprint density at radius 1 is 1.37 bits per heavy atom. The van der Waals surface area contributed by atoms with E-state index in [1.807, 2.05) is 11.4 Å². The maximum absolute atomic E-state index is 13.6. The highest BCUT2D eigenvalue weighted by Gasteiger charge is 2.20. The van der Waals surface area contributed by atoms with Crippen molar-refractivity contribution < 1.29 is 13.7 Å². The summed E-state index contributed by atoms with van der Waals surface area (Å²) < 4.78 is 27.4. The predicted octanol–water partition coefficient (Wildman–Crippen LogP) is 4.31. The SMILES string of the molecule is O=[N+]([O-])c1cc(F)cc(F)c1NCc1cc(Br)cs1. The van der Waals surface area contributed by atoms with Gasteiger partial charge in [0, 0.05) is 27.3 Å². The standard InChI is InChI=1S/C11H7BrF2N2O2S/c12-6-1-8(19-5-6)4-15-11-9(14)2-7(13)3-10(11)16(17)18/h1-3,5,15H,4H2. The van der Waals surface area contributed by atoms with Crippen LogP contribution in [0.15, 0.2) is 28.1 Å². The lowest BCUT2D eigenvalue weighted by Crippen LogP contribution is -2.04. The smallest absolute Gasteiger partial charge is 0.298 e. The molecule has 0 atom stereocenters. The lowest BCUT2D eigenvalue weighted by atomic mass is 10.2. The number of nitro groups is 1. The molecular formula is C11H7BrF2N2O2S. The zero-order chi connectivity index (χ0) is 14.0. The van der Waals surface area contributed by atoms with Gasteiger partial charge in [0.25, 0.3) is 5.69 Å². The van der Waals surface area contributed by atoms with Crippen LogP contribution < -0.4 is 5.32 Å². The van der Waals surface area contributed by atoms with Gasteiger partial charge >= 0.3 is 0 Å².